The van der Waals surface area contributed by atoms with Gasteiger partial charge in [-0.3, -0.25) is 4.79 Å². The van der Waals surface area contributed by atoms with Gasteiger partial charge in [-0.15, -0.1) is 0 Å². The van der Waals surface area contributed by atoms with E-state index in [1.54, 1.807) is 0 Å². The van der Waals surface area contributed by atoms with E-state index < -0.39 is 0 Å². The molecule has 3 aromatic carbocycles. The van der Waals surface area contributed by atoms with Gasteiger partial charge in [0.1, 0.15) is 5.75 Å². The number of carbonyl (C=O) groups excluding carboxylic acids is 1. The lowest BCUT2D eigenvalue weighted by Crippen LogP contribution is -2.29. The van der Waals surface area contributed by atoms with Gasteiger partial charge in [0.25, 0.3) is 5.91 Å². The first-order valence-electron chi connectivity index (χ1n) is 8.65. The Morgan fingerprint density at radius 3 is 2.56 bits per heavy atom. The van der Waals surface area contributed by atoms with Crippen LogP contribution in [-0.2, 0) is 11.2 Å². The van der Waals surface area contributed by atoms with Crippen LogP contribution >= 0.6 is 0 Å². The van der Waals surface area contributed by atoms with E-state index in [4.69, 9.17) is 4.74 Å². The first-order valence-corrected chi connectivity index (χ1v) is 8.65. The molecular formula is C22H23NO2. The Morgan fingerprint density at radius 1 is 0.960 bits per heavy atom. The molecule has 0 saturated carbocycles. The molecule has 0 unspecified atom stereocenters. The van der Waals surface area contributed by atoms with Crippen LogP contribution in [0, 0.1) is 6.92 Å². The second kappa shape index (κ2) is 8.34. The van der Waals surface area contributed by atoms with Crippen LogP contribution in [0.3, 0.4) is 0 Å². The molecule has 128 valence electrons. The third-order valence-corrected chi connectivity index (χ3v) is 4.19. The molecule has 0 spiro atoms. The molecule has 0 saturated heterocycles. The summed E-state index contributed by atoms with van der Waals surface area (Å²) in [5.74, 6) is 0.657. The van der Waals surface area contributed by atoms with Gasteiger partial charge in [-0.2, -0.15) is 0 Å². The Balaban J connectivity index is 1.42. The zero-order chi connectivity index (χ0) is 17.5. The number of hydrogen-bond acceptors (Lipinski definition) is 2. The lowest BCUT2D eigenvalue weighted by molar-refractivity contribution is -0.123. The Bertz CT molecular complexity index is 835. The summed E-state index contributed by atoms with van der Waals surface area (Å²) in [4.78, 5) is 12.0. The van der Waals surface area contributed by atoms with Gasteiger partial charge in [-0.1, -0.05) is 66.2 Å². The monoisotopic (exact) mass is 333 g/mol. The van der Waals surface area contributed by atoms with Gasteiger partial charge in [0, 0.05) is 11.9 Å². The Kier molecular flexibility index (Phi) is 5.68. The number of nitrogens with one attached hydrogen (secondary N) is 1. The molecule has 1 N–H and O–H groups in total. The SMILES string of the molecule is Cc1ccc(CCCNC(=O)COc2cccc3ccccc23)cc1. The number of carbonyl (C=O) groups is 1. The molecule has 0 fully saturated rings. The van der Waals surface area contributed by atoms with Crippen LogP contribution in [0.25, 0.3) is 10.8 Å². The lowest BCUT2D eigenvalue weighted by Gasteiger charge is -2.10. The van der Waals surface area contributed by atoms with Crippen molar-refractivity contribution in [1.82, 2.24) is 5.32 Å². The summed E-state index contributed by atoms with van der Waals surface area (Å²) >= 11 is 0. The minimum absolute atomic E-state index is 0.0402. The van der Waals surface area contributed by atoms with Crippen molar-refractivity contribution in [3.63, 3.8) is 0 Å². The summed E-state index contributed by atoms with van der Waals surface area (Å²) < 4.78 is 5.70. The number of aryl methyl sites for hydroxylation is 2. The van der Waals surface area contributed by atoms with Gasteiger partial charge < -0.3 is 10.1 Å². The highest BCUT2D eigenvalue weighted by molar-refractivity contribution is 5.88. The Morgan fingerprint density at radius 2 is 1.72 bits per heavy atom. The van der Waals surface area contributed by atoms with Crippen molar-refractivity contribution in [3.05, 3.63) is 77.9 Å². The number of fused-ring (bicyclic) bond motifs is 1. The van der Waals surface area contributed by atoms with Gasteiger partial charge in [0.15, 0.2) is 6.61 Å². The summed E-state index contributed by atoms with van der Waals surface area (Å²) in [6.45, 7) is 2.78. The summed E-state index contributed by atoms with van der Waals surface area (Å²) in [6.07, 6.45) is 1.88. The predicted molar refractivity (Wildman–Crippen MR) is 102 cm³/mol. The van der Waals surface area contributed by atoms with Crippen molar-refractivity contribution in [2.75, 3.05) is 13.2 Å². The van der Waals surface area contributed by atoms with Crippen LogP contribution in [0.4, 0.5) is 0 Å². The van der Waals surface area contributed by atoms with Crippen LogP contribution in [0.5, 0.6) is 5.75 Å². The van der Waals surface area contributed by atoms with E-state index in [-0.39, 0.29) is 12.5 Å². The van der Waals surface area contributed by atoms with Crippen LogP contribution in [-0.4, -0.2) is 19.1 Å². The molecule has 0 heterocycles. The van der Waals surface area contributed by atoms with E-state index in [0.717, 1.165) is 29.4 Å². The average molecular weight is 333 g/mol. The van der Waals surface area contributed by atoms with Crippen molar-refractivity contribution >= 4 is 16.7 Å². The van der Waals surface area contributed by atoms with E-state index in [1.807, 2.05) is 42.5 Å². The van der Waals surface area contributed by atoms with Gasteiger partial charge in [-0.05, 0) is 36.8 Å². The van der Waals surface area contributed by atoms with Crippen molar-refractivity contribution in [2.24, 2.45) is 0 Å². The number of hydrogen-bond donors (Lipinski definition) is 1. The molecule has 0 radical (unpaired) electrons. The average Bonchev–Trinajstić information content (AvgIpc) is 2.65. The molecule has 0 aliphatic heterocycles. The molecule has 25 heavy (non-hydrogen) atoms. The first-order chi connectivity index (χ1) is 12.2. The molecule has 0 aromatic heterocycles. The molecule has 0 aliphatic carbocycles. The van der Waals surface area contributed by atoms with Crippen molar-refractivity contribution in [3.8, 4) is 5.75 Å². The molecule has 3 rings (SSSR count). The fourth-order valence-electron chi connectivity index (χ4n) is 2.79. The van der Waals surface area contributed by atoms with Crippen LogP contribution in [0.2, 0.25) is 0 Å². The molecule has 3 heteroatoms. The smallest absolute Gasteiger partial charge is 0.257 e. The maximum absolute atomic E-state index is 12.0. The highest BCUT2D eigenvalue weighted by Gasteiger charge is 2.05. The van der Waals surface area contributed by atoms with E-state index in [0.29, 0.717) is 6.54 Å². The van der Waals surface area contributed by atoms with Crippen LogP contribution < -0.4 is 10.1 Å². The maximum atomic E-state index is 12.0. The zero-order valence-electron chi connectivity index (χ0n) is 14.5. The van der Waals surface area contributed by atoms with Gasteiger partial charge in [0.05, 0.1) is 0 Å². The van der Waals surface area contributed by atoms with E-state index in [9.17, 15) is 4.79 Å². The molecular weight excluding hydrogens is 310 g/mol. The molecule has 1 amide bonds. The fraction of sp³-hybridized carbons (Fsp3) is 0.227. The maximum Gasteiger partial charge on any atom is 0.257 e. The highest BCUT2D eigenvalue weighted by atomic mass is 16.5. The molecule has 0 bridgehead atoms. The molecule has 0 aliphatic rings. The Hall–Kier alpha value is -2.81. The number of ether oxygens (including phenoxy) is 1. The van der Waals surface area contributed by atoms with Crippen LogP contribution in [0.1, 0.15) is 17.5 Å². The highest BCUT2D eigenvalue weighted by Crippen LogP contribution is 2.24. The minimum atomic E-state index is -0.0863. The first kappa shape index (κ1) is 17.0. The largest absolute Gasteiger partial charge is 0.483 e. The second-order valence-electron chi connectivity index (χ2n) is 6.21. The van der Waals surface area contributed by atoms with E-state index in [1.165, 1.54) is 11.1 Å². The summed E-state index contributed by atoms with van der Waals surface area (Å²) in [5.41, 5.74) is 2.56. The van der Waals surface area contributed by atoms with Gasteiger partial charge in [-0.25, -0.2) is 0 Å². The zero-order valence-corrected chi connectivity index (χ0v) is 14.5. The third kappa shape index (κ3) is 4.83. The summed E-state index contributed by atoms with van der Waals surface area (Å²) in [6, 6.07) is 22.4. The topological polar surface area (TPSA) is 38.3 Å². The number of benzene rings is 3. The molecule has 3 aromatic rings. The number of rotatable bonds is 7. The van der Waals surface area contributed by atoms with E-state index in [2.05, 4.69) is 36.5 Å². The second-order valence-corrected chi connectivity index (χ2v) is 6.21. The van der Waals surface area contributed by atoms with E-state index >= 15 is 0 Å². The Labute approximate surface area is 148 Å². The third-order valence-electron chi connectivity index (χ3n) is 4.19. The summed E-state index contributed by atoms with van der Waals surface area (Å²) in [5, 5.41) is 5.05. The molecule has 3 nitrogen and oxygen atoms in total. The van der Waals surface area contributed by atoms with Crippen molar-refractivity contribution in [2.45, 2.75) is 19.8 Å². The molecule has 0 atom stereocenters. The fourth-order valence-corrected chi connectivity index (χ4v) is 2.79. The minimum Gasteiger partial charge on any atom is -0.483 e. The predicted octanol–water partition coefficient (Wildman–Crippen LogP) is 4.28. The quantitative estimate of drug-likeness (QED) is 0.656. The lowest BCUT2D eigenvalue weighted by atomic mass is 10.1. The van der Waals surface area contributed by atoms with Gasteiger partial charge >= 0.3 is 0 Å². The van der Waals surface area contributed by atoms with Gasteiger partial charge in [0.2, 0.25) is 0 Å². The van der Waals surface area contributed by atoms with Crippen molar-refractivity contribution < 1.29 is 9.53 Å². The van der Waals surface area contributed by atoms with Crippen molar-refractivity contribution in [1.29, 1.82) is 0 Å². The van der Waals surface area contributed by atoms with Crippen LogP contribution in [0.15, 0.2) is 66.7 Å². The normalized spacial score (nSPS) is 10.6. The number of amides is 1. The standard InChI is InChI=1S/C22H23NO2/c1-17-11-13-18(14-12-17)6-5-15-23-22(24)16-25-21-10-4-8-19-7-2-3-9-20(19)21/h2-4,7-14H,5-6,15-16H2,1H3,(H,23,24). The summed E-state index contributed by atoms with van der Waals surface area (Å²) in [7, 11) is 0.